The average Bonchev–Trinajstić information content (AvgIpc) is 2.02. The van der Waals surface area contributed by atoms with Crippen molar-refractivity contribution >= 4 is 96.2 Å². The van der Waals surface area contributed by atoms with Crippen LogP contribution in [0.4, 0.5) is 0 Å². The second kappa shape index (κ2) is 5.74. The lowest BCUT2D eigenvalue weighted by atomic mass is 10.4. The van der Waals surface area contributed by atoms with Crippen molar-refractivity contribution < 1.29 is 12.8 Å². The molecule has 12 heavy (non-hydrogen) atoms. The van der Waals surface area contributed by atoms with Crippen LogP contribution in [0.25, 0.3) is 0 Å². The smallest absolute Gasteiger partial charge is 0.234 e. The lowest BCUT2D eigenvalue weighted by Crippen LogP contribution is -2.48. The maximum Gasteiger partial charge on any atom is 0.234 e. The van der Waals surface area contributed by atoms with Gasteiger partial charge in [0.15, 0.2) is 5.01 Å². The minimum absolute atomic E-state index is 1.01. The van der Waals surface area contributed by atoms with Crippen LogP contribution < -0.4 is 0 Å². The summed E-state index contributed by atoms with van der Waals surface area (Å²) in [7, 11) is 0. The van der Waals surface area contributed by atoms with Crippen molar-refractivity contribution in [3.63, 3.8) is 0 Å². The van der Waals surface area contributed by atoms with Gasteiger partial charge in [-0.25, -0.2) is 0 Å². The molecule has 9 heteroatoms. The van der Waals surface area contributed by atoms with E-state index in [-0.39, 0.29) is 0 Å². The Morgan fingerprint density at radius 1 is 1.08 bits per heavy atom. The molecule has 0 fully saturated rings. The van der Waals surface area contributed by atoms with Crippen molar-refractivity contribution in [1.29, 1.82) is 0 Å². The van der Waals surface area contributed by atoms with E-state index in [1.807, 2.05) is 0 Å². The molecule has 0 radical (unpaired) electrons. The Labute approximate surface area is 120 Å². The first-order valence-electron chi connectivity index (χ1n) is 2.30. The molecule has 0 amide bonds. The second-order valence-electron chi connectivity index (χ2n) is 1.65. The van der Waals surface area contributed by atoms with E-state index < -0.39 is 12.9 Å². The molecule has 0 aromatic rings. The van der Waals surface area contributed by atoms with Gasteiger partial charge in [0.05, 0.1) is 0 Å². The predicted octanol–water partition coefficient (Wildman–Crippen LogP) is 3.89. The Morgan fingerprint density at radius 3 is 1.58 bits per heavy atom. The molecule has 0 aliphatic carbocycles. The molecule has 0 saturated carbocycles. The molecule has 0 saturated heterocycles. The van der Waals surface area contributed by atoms with Gasteiger partial charge in [-0.1, -0.05) is 15.9 Å². The molecular formula is C3H2Br6O3. The van der Waals surface area contributed by atoms with Crippen LogP contribution in [-0.2, 0) is 7.66 Å². The van der Waals surface area contributed by atoms with Gasteiger partial charge in [-0.3, -0.25) is 7.66 Å². The maximum atomic E-state index is 9.29. The highest BCUT2D eigenvalue weighted by atomic mass is 79.9. The SMILES string of the molecule is OC(Br)C(Br)(OBr)C(Br)(Br)OBr. The number of rotatable bonds is 4. The van der Waals surface area contributed by atoms with E-state index in [0.717, 1.165) is 0 Å². The zero-order chi connectivity index (χ0) is 9.99. The first-order valence-corrected chi connectivity index (χ1v) is 6.89. The van der Waals surface area contributed by atoms with Crippen LogP contribution in [0.1, 0.15) is 0 Å². The predicted molar refractivity (Wildman–Crippen MR) is 67.2 cm³/mol. The van der Waals surface area contributed by atoms with Gasteiger partial charge in [0.2, 0.25) is 7.93 Å². The number of aliphatic hydroxyl groups excluding tert-OH is 1. The van der Waals surface area contributed by atoms with Crippen molar-refractivity contribution in [1.82, 2.24) is 0 Å². The van der Waals surface area contributed by atoms with Crippen LogP contribution in [0, 0.1) is 0 Å². The summed E-state index contributed by atoms with van der Waals surface area (Å²) in [5, 5.41) is 8.28. The summed E-state index contributed by atoms with van der Waals surface area (Å²) in [6.07, 6.45) is 0. The number of hydrogen-bond acceptors (Lipinski definition) is 3. The number of hydrogen-bond donors (Lipinski definition) is 1. The van der Waals surface area contributed by atoms with Crippen molar-refractivity contribution in [2.75, 3.05) is 0 Å². The van der Waals surface area contributed by atoms with Gasteiger partial charge in [-0.2, -0.15) is 0 Å². The minimum Gasteiger partial charge on any atom is -0.378 e. The Balaban J connectivity index is 4.74. The molecule has 0 aliphatic rings. The van der Waals surface area contributed by atoms with Gasteiger partial charge in [-0.15, -0.1) is 0 Å². The van der Waals surface area contributed by atoms with E-state index in [1.54, 1.807) is 0 Å². The van der Waals surface area contributed by atoms with Crippen LogP contribution >= 0.6 is 96.2 Å². The zero-order valence-corrected chi connectivity index (χ0v) is 14.6. The molecule has 0 aromatic heterocycles. The van der Waals surface area contributed by atoms with E-state index in [4.69, 9.17) is 7.66 Å². The Bertz CT molecular complexity index is 151. The van der Waals surface area contributed by atoms with Crippen molar-refractivity contribution in [2.24, 2.45) is 0 Å². The van der Waals surface area contributed by atoms with Crippen LogP contribution in [-0.4, -0.2) is 18.0 Å². The van der Waals surface area contributed by atoms with E-state index in [9.17, 15) is 5.11 Å². The van der Waals surface area contributed by atoms with Crippen LogP contribution in [0.2, 0.25) is 0 Å². The summed E-state index contributed by atoms with van der Waals surface area (Å²) < 4.78 is 7.26. The fraction of sp³-hybridized carbons (Fsp3) is 1.00. The molecule has 0 rings (SSSR count). The zero-order valence-electron chi connectivity index (χ0n) is 5.11. The quantitative estimate of drug-likeness (QED) is 0.526. The third kappa shape index (κ3) is 3.13. The second-order valence-corrected chi connectivity index (χ2v) is 7.64. The number of alkyl halides is 4. The fourth-order valence-electron chi connectivity index (χ4n) is 0.273. The Morgan fingerprint density at radius 2 is 1.50 bits per heavy atom. The standard InChI is InChI=1S/C3H2Br6O3/c4-1(10)2(5,11-8)3(6,7)12-9/h1,10H. The average molecular weight is 565 g/mol. The molecular weight excluding hydrogens is 563 g/mol. The van der Waals surface area contributed by atoms with Crippen LogP contribution in [0.3, 0.4) is 0 Å². The lowest BCUT2D eigenvalue weighted by Gasteiger charge is -2.35. The molecule has 0 bridgehead atoms. The summed E-state index contributed by atoms with van der Waals surface area (Å²) in [6.45, 7) is 0. The Kier molecular flexibility index (Phi) is 7.06. The molecule has 0 spiro atoms. The summed E-state index contributed by atoms with van der Waals surface area (Å²) in [5.41, 5.74) is 0. The summed E-state index contributed by atoms with van der Waals surface area (Å²) in [6, 6.07) is 0. The molecule has 1 N–H and O–H groups in total. The molecule has 74 valence electrons. The maximum absolute atomic E-state index is 9.29. The molecule has 0 aromatic carbocycles. The summed E-state index contributed by atoms with van der Waals surface area (Å²) in [4.78, 5) is 0. The normalized spacial score (nSPS) is 20.2. The van der Waals surface area contributed by atoms with E-state index in [0.29, 0.717) is 0 Å². The van der Waals surface area contributed by atoms with Crippen LogP contribution in [0.15, 0.2) is 0 Å². The first-order chi connectivity index (χ1) is 5.31. The molecule has 2 unspecified atom stereocenters. The topological polar surface area (TPSA) is 38.7 Å². The summed E-state index contributed by atoms with van der Waals surface area (Å²) >= 11 is 17.8. The molecule has 0 heterocycles. The Hall–Kier alpha value is 2.76. The van der Waals surface area contributed by atoms with Crippen LogP contribution in [0.5, 0.6) is 0 Å². The fourth-order valence-corrected chi connectivity index (χ4v) is 3.53. The summed E-state index contributed by atoms with van der Waals surface area (Å²) in [5.74, 6) is 0. The van der Waals surface area contributed by atoms with Gasteiger partial charge in [0.1, 0.15) is 32.5 Å². The van der Waals surface area contributed by atoms with Gasteiger partial charge in [0, 0.05) is 0 Å². The first kappa shape index (κ1) is 14.8. The highest BCUT2D eigenvalue weighted by molar-refractivity contribution is 9.26. The van der Waals surface area contributed by atoms with Gasteiger partial charge in [-0.05, 0) is 47.8 Å². The van der Waals surface area contributed by atoms with E-state index >= 15 is 0 Å². The number of halogens is 6. The highest BCUT2D eigenvalue weighted by Crippen LogP contribution is 2.51. The van der Waals surface area contributed by atoms with E-state index in [1.165, 1.54) is 0 Å². The third-order valence-corrected chi connectivity index (χ3v) is 8.19. The van der Waals surface area contributed by atoms with Gasteiger partial charge in [0.25, 0.3) is 0 Å². The number of aliphatic hydroxyl groups is 1. The molecule has 0 aliphatic heterocycles. The lowest BCUT2D eigenvalue weighted by molar-refractivity contribution is 0.0451. The third-order valence-electron chi connectivity index (χ3n) is 0.912. The molecule has 2 atom stereocenters. The van der Waals surface area contributed by atoms with Crippen molar-refractivity contribution in [3.05, 3.63) is 0 Å². The van der Waals surface area contributed by atoms with Crippen molar-refractivity contribution in [2.45, 2.75) is 12.9 Å². The monoisotopic (exact) mass is 560 g/mol. The molecule has 3 nitrogen and oxygen atoms in total. The van der Waals surface area contributed by atoms with Crippen molar-refractivity contribution in [3.8, 4) is 0 Å². The minimum atomic E-state index is -1.25. The van der Waals surface area contributed by atoms with Gasteiger partial charge < -0.3 is 5.11 Å². The van der Waals surface area contributed by atoms with Gasteiger partial charge >= 0.3 is 0 Å². The largest absolute Gasteiger partial charge is 0.378 e. The van der Waals surface area contributed by atoms with E-state index in [2.05, 4.69) is 96.2 Å². The highest BCUT2D eigenvalue weighted by Gasteiger charge is 2.54.